The first-order valence-electron chi connectivity index (χ1n) is 6.88. The Bertz CT molecular complexity index is 326. The zero-order valence-electron chi connectivity index (χ0n) is 11.9. The van der Waals surface area contributed by atoms with Gasteiger partial charge in [0, 0.05) is 6.42 Å². The van der Waals surface area contributed by atoms with Crippen LogP contribution >= 0.6 is 0 Å². The number of hydrogen-bond acceptors (Lipinski definition) is 4. The SMILES string of the molecule is CC1(C)CC(OC2CCC(=NO)CC2)C(C)(C)O1. The summed E-state index contributed by atoms with van der Waals surface area (Å²) in [5.74, 6) is 0. The largest absolute Gasteiger partial charge is 0.411 e. The van der Waals surface area contributed by atoms with Gasteiger partial charge in [0.25, 0.3) is 0 Å². The van der Waals surface area contributed by atoms with Crippen LogP contribution in [0.15, 0.2) is 5.16 Å². The molecule has 1 atom stereocenters. The van der Waals surface area contributed by atoms with E-state index in [0.29, 0.717) is 0 Å². The van der Waals surface area contributed by atoms with Crippen molar-refractivity contribution in [2.45, 2.75) is 83.2 Å². The molecule has 0 bridgehead atoms. The number of rotatable bonds is 2. The third-order valence-electron chi connectivity index (χ3n) is 4.00. The third-order valence-corrected chi connectivity index (χ3v) is 4.00. The highest BCUT2D eigenvalue weighted by Crippen LogP contribution is 2.40. The molecule has 1 unspecified atom stereocenters. The van der Waals surface area contributed by atoms with Crippen molar-refractivity contribution in [3.05, 3.63) is 0 Å². The molecule has 0 aromatic heterocycles. The minimum absolute atomic E-state index is 0.0967. The van der Waals surface area contributed by atoms with Gasteiger partial charge >= 0.3 is 0 Å². The predicted octanol–water partition coefficient (Wildman–Crippen LogP) is 3.12. The fourth-order valence-corrected chi connectivity index (χ4v) is 3.12. The second kappa shape index (κ2) is 4.82. The van der Waals surface area contributed by atoms with Crippen molar-refractivity contribution < 1.29 is 14.7 Å². The fraction of sp³-hybridized carbons (Fsp3) is 0.929. The normalized spacial score (nSPS) is 34.6. The highest BCUT2D eigenvalue weighted by atomic mass is 16.6. The van der Waals surface area contributed by atoms with Crippen molar-refractivity contribution in [1.82, 2.24) is 0 Å². The minimum atomic E-state index is -0.213. The number of ether oxygens (including phenoxy) is 2. The van der Waals surface area contributed by atoms with E-state index in [1.807, 2.05) is 0 Å². The fourth-order valence-electron chi connectivity index (χ4n) is 3.12. The summed E-state index contributed by atoms with van der Waals surface area (Å²) in [6, 6.07) is 0. The molecule has 104 valence electrons. The highest BCUT2D eigenvalue weighted by Gasteiger charge is 2.47. The Balaban J connectivity index is 1.91. The molecular weight excluding hydrogens is 230 g/mol. The van der Waals surface area contributed by atoms with Crippen LogP contribution in [0.5, 0.6) is 0 Å². The smallest absolute Gasteiger partial charge is 0.0895 e. The van der Waals surface area contributed by atoms with Crippen LogP contribution in [-0.2, 0) is 9.47 Å². The van der Waals surface area contributed by atoms with Gasteiger partial charge in [-0.2, -0.15) is 0 Å². The molecule has 1 aliphatic heterocycles. The van der Waals surface area contributed by atoms with Crippen LogP contribution in [-0.4, -0.2) is 34.3 Å². The number of oxime groups is 1. The maximum absolute atomic E-state index is 8.74. The van der Waals surface area contributed by atoms with Gasteiger partial charge in [0.15, 0.2) is 0 Å². The Morgan fingerprint density at radius 2 is 1.83 bits per heavy atom. The summed E-state index contributed by atoms with van der Waals surface area (Å²) in [4.78, 5) is 0. The molecule has 0 spiro atoms. The Hall–Kier alpha value is -0.610. The molecule has 0 aromatic carbocycles. The first-order chi connectivity index (χ1) is 8.32. The summed E-state index contributed by atoms with van der Waals surface area (Å²) in [5.41, 5.74) is 0.590. The summed E-state index contributed by atoms with van der Waals surface area (Å²) >= 11 is 0. The molecule has 1 heterocycles. The van der Waals surface area contributed by atoms with Gasteiger partial charge in [-0.1, -0.05) is 5.16 Å². The molecule has 18 heavy (non-hydrogen) atoms. The summed E-state index contributed by atoms with van der Waals surface area (Å²) in [6.45, 7) is 8.46. The Morgan fingerprint density at radius 3 is 2.28 bits per heavy atom. The maximum Gasteiger partial charge on any atom is 0.0895 e. The molecule has 2 fully saturated rings. The average molecular weight is 255 g/mol. The van der Waals surface area contributed by atoms with Gasteiger partial charge in [-0.25, -0.2) is 0 Å². The van der Waals surface area contributed by atoms with Crippen molar-refractivity contribution in [3.8, 4) is 0 Å². The quantitative estimate of drug-likeness (QED) is 0.609. The molecule has 1 aliphatic carbocycles. The van der Waals surface area contributed by atoms with E-state index in [2.05, 4.69) is 32.9 Å². The molecule has 1 saturated carbocycles. The van der Waals surface area contributed by atoms with E-state index >= 15 is 0 Å². The Kier molecular flexibility index (Phi) is 3.70. The van der Waals surface area contributed by atoms with Gasteiger partial charge in [0.05, 0.1) is 29.1 Å². The second-order valence-electron chi connectivity index (χ2n) is 6.66. The van der Waals surface area contributed by atoms with Gasteiger partial charge in [0.1, 0.15) is 0 Å². The molecule has 4 nitrogen and oxygen atoms in total. The topological polar surface area (TPSA) is 51.0 Å². The van der Waals surface area contributed by atoms with E-state index in [4.69, 9.17) is 14.7 Å². The number of nitrogens with zero attached hydrogens (tertiary/aromatic N) is 1. The van der Waals surface area contributed by atoms with Crippen molar-refractivity contribution in [2.75, 3.05) is 0 Å². The molecule has 0 radical (unpaired) electrons. The Morgan fingerprint density at radius 1 is 1.22 bits per heavy atom. The summed E-state index contributed by atoms with van der Waals surface area (Å²) in [6.07, 6.45) is 4.97. The molecule has 4 heteroatoms. The lowest BCUT2D eigenvalue weighted by atomic mass is 9.93. The minimum Gasteiger partial charge on any atom is -0.411 e. The van der Waals surface area contributed by atoms with Crippen LogP contribution in [0.3, 0.4) is 0 Å². The van der Waals surface area contributed by atoms with E-state index < -0.39 is 0 Å². The maximum atomic E-state index is 8.74. The van der Waals surface area contributed by atoms with E-state index in [1.54, 1.807) is 0 Å². The molecular formula is C14H25NO3. The van der Waals surface area contributed by atoms with Gasteiger partial charge in [-0.05, 0) is 53.4 Å². The lowest BCUT2D eigenvalue weighted by molar-refractivity contribution is -0.120. The third kappa shape index (κ3) is 3.04. The molecule has 1 N–H and O–H groups in total. The summed E-state index contributed by atoms with van der Waals surface area (Å²) in [5, 5.41) is 12.0. The van der Waals surface area contributed by atoms with Gasteiger partial charge in [-0.15, -0.1) is 0 Å². The van der Waals surface area contributed by atoms with Gasteiger partial charge in [-0.3, -0.25) is 0 Å². The molecule has 0 amide bonds. The Labute approximate surface area is 109 Å². The summed E-state index contributed by atoms with van der Waals surface area (Å²) in [7, 11) is 0. The summed E-state index contributed by atoms with van der Waals surface area (Å²) < 4.78 is 12.3. The van der Waals surface area contributed by atoms with Crippen LogP contribution in [0.4, 0.5) is 0 Å². The monoisotopic (exact) mass is 255 g/mol. The number of hydrogen-bond donors (Lipinski definition) is 1. The second-order valence-corrected chi connectivity index (χ2v) is 6.66. The van der Waals surface area contributed by atoms with Crippen LogP contribution in [0.25, 0.3) is 0 Å². The van der Waals surface area contributed by atoms with E-state index in [9.17, 15) is 0 Å². The molecule has 2 rings (SSSR count). The molecule has 2 aliphatic rings. The van der Waals surface area contributed by atoms with Crippen LogP contribution in [0.1, 0.15) is 59.8 Å². The van der Waals surface area contributed by atoms with Gasteiger partial charge in [0.2, 0.25) is 0 Å². The first-order valence-corrected chi connectivity index (χ1v) is 6.88. The lowest BCUT2D eigenvalue weighted by Crippen LogP contribution is -2.38. The van der Waals surface area contributed by atoms with Crippen LogP contribution in [0, 0.1) is 0 Å². The predicted molar refractivity (Wildman–Crippen MR) is 70.2 cm³/mol. The molecule has 1 saturated heterocycles. The van der Waals surface area contributed by atoms with Crippen molar-refractivity contribution in [2.24, 2.45) is 5.16 Å². The van der Waals surface area contributed by atoms with Crippen molar-refractivity contribution in [1.29, 1.82) is 0 Å². The van der Waals surface area contributed by atoms with Crippen molar-refractivity contribution in [3.63, 3.8) is 0 Å². The van der Waals surface area contributed by atoms with Gasteiger partial charge < -0.3 is 14.7 Å². The zero-order chi connectivity index (χ0) is 13.4. The van der Waals surface area contributed by atoms with Crippen LogP contribution in [0.2, 0.25) is 0 Å². The average Bonchev–Trinajstić information content (AvgIpc) is 2.48. The lowest BCUT2D eigenvalue weighted by Gasteiger charge is -2.32. The van der Waals surface area contributed by atoms with E-state index in [1.165, 1.54) is 0 Å². The van der Waals surface area contributed by atoms with E-state index in [0.717, 1.165) is 37.8 Å². The van der Waals surface area contributed by atoms with Crippen LogP contribution < -0.4 is 0 Å². The van der Waals surface area contributed by atoms with Crippen molar-refractivity contribution >= 4 is 5.71 Å². The molecule has 0 aromatic rings. The zero-order valence-corrected chi connectivity index (χ0v) is 11.9. The highest BCUT2D eigenvalue weighted by molar-refractivity contribution is 5.84. The van der Waals surface area contributed by atoms with E-state index in [-0.39, 0.29) is 23.4 Å². The standard InChI is InChI=1S/C14H25NO3/c1-13(2)9-12(14(3,4)18-13)17-11-7-5-10(15-16)6-8-11/h11-12,16H,5-9H2,1-4H3. The first kappa shape index (κ1) is 13.8.